The fourth-order valence-electron chi connectivity index (χ4n) is 1.70. The molecular formula is C13H15N3O3. The first-order valence-corrected chi connectivity index (χ1v) is 5.77. The molecule has 2 N–H and O–H groups in total. The molecule has 0 saturated heterocycles. The van der Waals surface area contributed by atoms with Gasteiger partial charge in [0.25, 0.3) is 5.56 Å². The van der Waals surface area contributed by atoms with Crippen molar-refractivity contribution in [2.75, 3.05) is 14.2 Å². The number of benzene rings is 1. The highest BCUT2D eigenvalue weighted by atomic mass is 16.5. The van der Waals surface area contributed by atoms with Crippen LogP contribution < -0.4 is 15.6 Å². The van der Waals surface area contributed by atoms with E-state index >= 15 is 0 Å². The molecule has 0 radical (unpaired) electrons. The van der Waals surface area contributed by atoms with Crippen LogP contribution in [0.15, 0.2) is 35.1 Å². The van der Waals surface area contributed by atoms with E-state index in [0.717, 1.165) is 6.07 Å². The minimum Gasteiger partial charge on any atom is -0.506 e. The van der Waals surface area contributed by atoms with Crippen molar-refractivity contribution in [2.24, 2.45) is 0 Å². The van der Waals surface area contributed by atoms with Gasteiger partial charge in [0.2, 0.25) is 0 Å². The Balaban J connectivity index is 2.54. The van der Waals surface area contributed by atoms with Crippen LogP contribution in [0.2, 0.25) is 0 Å². The van der Waals surface area contributed by atoms with E-state index < -0.39 is 5.56 Å². The maximum absolute atomic E-state index is 11.9. The Kier molecular flexibility index (Phi) is 3.82. The zero-order chi connectivity index (χ0) is 13.8. The summed E-state index contributed by atoms with van der Waals surface area (Å²) in [6.07, 6.45) is 0. The predicted octanol–water partition coefficient (Wildman–Crippen LogP) is 0.666. The SMILES string of the molecule is CNCc1nn(-c2cccc(OC)c2)c(=O)cc1O. The van der Waals surface area contributed by atoms with Crippen LogP contribution in [-0.4, -0.2) is 29.0 Å². The van der Waals surface area contributed by atoms with Gasteiger partial charge in [0, 0.05) is 18.7 Å². The largest absolute Gasteiger partial charge is 0.506 e. The highest BCUT2D eigenvalue weighted by Gasteiger charge is 2.09. The fraction of sp³-hybridized carbons (Fsp3) is 0.231. The monoisotopic (exact) mass is 261 g/mol. The second kappa shape index (κ2) is 5.53. The third-order valence-corrected chi connectivity index (χ3v) is 2.63. The van der Waals surface area contributed by atoms with Crippen molar-refractivity contribution < 1.29 is 9.84 Å². The number of ether oxygens (including phenoxy) is 1. The van der Waals surface area contributed by atoms with E-state index in [1.165, 1.54) is 4.68 Å². The molecule has 0 saturated carbocycles. The van der Waals surface area contributed by atoms with E-state index in [1.807, 2.05) is 0 Å². The van der Waals surface area contributed by atoms with Crippen LogP contribution in [0, 0.1) is 0 Å². The van der Waals surface area contributed by atoms with Crippen molar-refractivity contribution >= 4 is 0 Å². The first-order chi connectivity index (χ1) is 9.15. The van der Waals surface area contributed by atoms with Gasteiger partial charge in [-0.25, -0.2) is 0 Å². The van der Waals surface area contributed by atoms with Crippen molar-refractivity contribution in [3.63, 3.8) is 0 Å². The fourth-order valence-corrected chi connectivity index (χ4v) is 1.70. The molecule has 1 aromatic heterocycles. The van der Waals surface area contributed by atoms with Crippen molar-refractivity contribution in [3.05, 3.63) is 46.4 Å². The molecule has 1 aromatic carbocycles. The zero-order valence-corrected chi connectivity index (χ0v) is 10.8. The Bertz CT molecular complexity index is 637. The summed E-state index contributed by atoms with van der Waals surface area (Å²) >= 11 is 0. The molecule has 2 rings (SSSR count). The van der Waals surface area contributed by atoms with Crippen LogP contribution in [0.4, 0.5) is 0 Å². The number of hydrogen-bond acceptors (Lipinski definition) is 5. The van der Waals surface area contributed by atoms with E-state index in [9.17, 15) is 9.90 Å². The molecule has 0 unspecified atom stereocenters. The third kappa shape index (κ3) is 2.74. The zero-order valence-electron chi connectivity index (χ0n) is 10.8. The van der Waals surface area contributed by atoms with Gasteiger partial charge in [0.15, 0.2) is 0 Å². The lowest BCUT2D eigenvalue weighted by Crippen LogP contribution is -2.23. The lowest BCUT2D eigenvalue weighted by Gasteiger charge is -2.09. The average molecular weight is 261 g/mol. The highest BCUT2D eigenvalue weighted by Crippen LogP contribution is 2.16. The molecule has 0 aliphatic carbocycles. The molecule has 1 heterocycles. The minimum absolute atomic E-state index is 0.113. The summed E-state index contributed by atoms with van der Waals surface area (Å²) in [5.74, 6) is 0.521. The molecule has 0 aliphatic heterocycles. The molecule has 0 atom stereocenters. The van der Waals surface area contributed by atoms with Crippen LogP contribution in [-0.2, 0) is 6.54 Å². The van der Waals surface area contributed by atoms with Crippen LogP contribution in [0.1, 0.15) is 5.69 Å². The second-order valence-electron chi connectivity index (χ2n) is 3.96. The molecule has 0 amide bonds. The van der Waals surface area contributed by atoms with Gasteiger partial charge in [-0.15, -0.1) is 0 Å². The van der Waals surface area contributed by atoms with Crippen LogP contribution >= 0.6 is 0 Å². The van der Waals surface area contributed by atoms with Gasteiger partial charge in [0.05, 0.1) is 12.8 Å². The van der Waals surface area contributed by atoms with Crippen molar-refractivity contribution in [1.29, 1.82) is 0 Å². The topological polar surface area (TPSA) is 76.4 Å². The predicted molar refractivity (Wildman–Crippen MR) is 70.8 cm³/mol. The molecule has 0 spiro atoms. The number of hydrogen-bond donors (Lipinski definition) is 2. The molecule has 100 valence electrons. The molecule has 19 heavy (non-hydrogen) atoms. The Hall–Kier alpha value is -2.34. The van der Waals surface area contributed by atoms with Crippen LogP contribution in [0.25, 0.3) is 5.69 Å². The molecular weight excluding hydrogens is 246 g/mol. The molecule has 6 nitrogen and oxygen atoms in total. The summed E-state index contributed by atoms with van der Waals surface area (Å²) in [4.78, 5) is 11.9. The second-order valence-corrected chi connectivity index (χ2v) is 3.96. The van der Waals surface area contributed by atoms with E-state index in [-0.39, 0.29) is 5.75 Å². The van der Waals surface area contributed by atoms with Gasteiger partial charge in [-0.05, 0) is 19.2 Å². The summed E-state index contributed by atoms with van der Waals surface area (Å²) in [6, 6.07) is 8.15. The first kappa shape index (κ1) is 13.1. The van der Waals surface area contributed by atoms with Crippen LogP contribution in [0.3, 0.4) is 0 Å². The van der Waals surface area contributed by atoms with Gasteiger partial charge in [-0.1, -0.05) is 6.07 Å². The third-order valence-electron chi connectivity index (χ3n) is 2.63. The number of nitrogens with one attached hydrogen (secondary N) is 1. The quantitative estimate of drug-likeness (QED) is 0.845. The van der Waals surface area contributed by atoms with E-state index in [2.05, 4.69) is 10.4 Å². The molecule has 0 aliphatic rings. The molecule has 0 fully saturated rings. The molecule has 2 aromatic rings. The lowest BCUT2D eigenvalue weighted by molar-refractivity contribution is 0.414. The summed E-state index contributed by atoms with van der Waals surface area (Å²) in [7, 11) is 3.29. The Labute approximate surface area is 110 Å². The summed E-state index contributed by atoms with van der Waals surface area (Å²) < 4.78 is 6.34. The number of nitrogens with zero attached hydrogens (tertiary/aromatic N) is 2. The molecule has 0 bridgehead atoms. The van der Waals surface area contributed by atoms with Crippen molar-refractivity contribution in [1.82, 2.24) is 15.1 Å². The van der Waals surface area contributed by atoms with Crippen molar-refractivity contribution in [2.45, 2.75) is 6.54 Å². The first-order valence-electron chi connectivity index (χ1n) is 5.77. The van der Waals surface area contributed by atoms with Gasteiger partial charge in [-0.2, -0.15) is 9.78 Å². The highest BCUT2D eigenvalue weighted by molar-refractivity contribution is 5.39. The Morgan fingerprint density at radius 1 is 1.42 bits per heavy atom. The number of aromatic hydroxyl groups is 1. The average Bonchev–Trinajstić information content (AvgIpc) is 2.42. The number of rotatable bonds is 4. The van der Waals surface area contributed by atoms with Gasteiger partial charge < -0.3 is 15.2 Å². The number of methoxy groups -OCH3 is 1. The summed E-state index contributed by atoms with van der Waals surface area (Å²) in [6.45, 7) is 0.371. The number of aromatic nitrogens is 2. The van der Waals surface area contributed by atoms with Crippen molar-refractivity contribution in [3.8, 4) is 17.2 Å². The molecule has 6 heteroatoms. The summed E-state index contributed by atoms with van der Waals surface area (Å²) in [5.41, 5.74) is 0.595. The van der Waals surface area contributed by atoms with E-state index in [4.69, 9.17) is 4.74 Å². The smallest absolute Gasteiger partial charge is 0.275 e. The summed E-state index contributed by atoms with van der Waals surface area (Å²) in [5, 5.41) is 16.7. The standard InChI is InChI=1S/C13H15N3O3/c1-14-8-11-12(17)7-13(18)16(15-11)9-4-3-5-10(6-9)19-2/h3-7,14,17H,8H2,1-2H3. The maximum Gasteiger partial charge on any atom is 0.275 e. The van der Waals surface area contributed by atoms with E-state index in [0.29, 0.717) is 23.7 Å². The van der Waals surface area contributed by atoms with Crippen LogP contribution in [0.5, 0.6) is 11.5 Å². The minimum atomic E-state index is -0.398. The lowest BCUT2D eigenvalue weighted by atomic mass is 10.3. The Morgan fingerprint density at radius 2 is 2.21 bits per heavy atom. The Morgan fingerprint density at radius 3 is 2.89 bits per heavy atom. The van der Waals surface area contributed by atoms with Gasteiger partial charge in [0.1, 0.15) is 17.2 Å². The van der Waals surface area contributed by atoms with Gasteiger partial charge in [-0.3, -0.25) is 4.79 Å². The normalized spacial score (nSPS) is 10.4. The maximum atomic E-state index is 11.9. The van der Waals surface area contributed by atoms with Gasteiger partial charge >= 0.3 is 0 Å². The van der Waals surface area contributed by atoms with E-state index in [1.54, 1.807) is 38.4 Å².